The van der Waals surface area contributed by atoms with Crippen LogP contribution in [-0.4, -0.2) is 43.8 Å². The van der Waals surface area contributed by atoms with Gasteiger partial charge in [0.25, 0.3) is 0 Å². The van der Waals surface area contributed by atoms with Crippen molar-refractivity contribution in [1.29, 1.82) is 0 Å². The van der Waals surface area contributed by atoms with E-state index in [0.29, 0.717) is 32.4 Å². The summed E-state index contributed by atoms with van der Waals surface area (Å²) in [6, 6.07) is 0. The first kappa shape index (κ1) is 14.8. The lowest BCUT2D eigenvalue weighted by Gasteiger charge is -2.31. The molecule has 0 N–H and O–H groups in total. The zero-order valence-corrected chi connectivity index (χ0v) is 12.6. The molecular formula is C14H25NO3S. The third kappa shape index (κ3) is 4.20. The summed E-state index contributed by atoms with van der Waals surface area (Å²) >= 11 is 0. The van der Waals surface area contributed by atoms with Crippen molar-refractivity contribution in [2.75, 3.05) is 19.3 Å². The Morgan fingerprint density at radius 3 is 2.21 bits per heavy atom. The SMILES string of the molecule is CS(=O)(=O)C1CCN(C(=O)CCC2CCCC2)CC1. The molecule has 1 saturated carbocycles. The standard InChI is InChI=1S/C14H25NO3S/c1-19(17,18)13-8-10-15(11-9-13)14(16)7-6-12-4-2-3-5-12/h12-13H,2-11H2,1H3. The minimum absolute atomic E-state index is 0.221. The summed E-state index contributed by atoms with van der Waals surface area (Å²) in [6.07, 6.45) is 9.38. The number of amides is 1. The van der Waals surface area contributed by atoms with Crippen molar-refractivity contribution in [3.63, 3.8) is 0 Å². The van der Waals surface area contributed by atoms with Gasteiger partial charge in [-0.2, -0.15) is 0 Å². The molecule has 1 heterocycles. The first-order chi connectivity index (χ1) is 8.97. The van der Waals surface area contributed by atoms with Crippen LogP contribution < -0.4 is 0 Å². The Hall–Kier alpha value is -0.580. The van der Waals surface area contributed by atoms with Crippen LogP contribution in [0.25, 0.3) is 0 Å². The van der Waals surface area contributed by atoms with E-state index in [1.807, 2.05) is 4.90 Å². The molecule has 0 aromatic rings. The Bertz CT molecular complexity index is 404. The predicted molar refractivity (Wildman–Crippen MR) is 75.6 cm³/mol. The highest BCUT2D eigenvalue weighted by Crippen LogP contribution is 2.29. The number of nitrogens with zero attached hydrogens (tertiary/aromatic N) is 1. The third-order valence-electron chi connectivity index (χ3n) is 4.64. The quantitative estimate of drug-likeness (QED) is 0.794. The highest BCUT2D eigenvalue weighted by Gasteiger charge is 2.28. The van der Waals surface area contributed by atoms with Gasteiger partial charge in [-0.3, -0.25) is 4.79 Å². The number of likely N-dealkylation sites (tertiary alicyclic amines) is 1. The molecule has 0 bridgehead atoms. The average molecular weight is 287 g/mol. The molecule has 5 heteroatoms. The highest BCUT2D eigenvalue weighted by atomic mass is 32.2. The molecule has 4 nitrogen and oxygen atoms in total. The van der Waals surface area contributed by atoms with E-state index in [1.165, 1.54) is 31.9 Å². The van der Waals surface area contributed by atoms with Crippen molar-refractivity contribution < 1.29 is 13.2 Å². The Kier molecular flexibility index (Phi) is 4.87. The van der Waals surface area contributed by atoms with Gasteiger partial charge in [0.1, 0.15) is 9.84 Å². The van der Waals surface area contributed by atoms with Gasteiger partial charge in [0.05, 0.1) is 5.25 Å². The smallest absolute Gasteiger partial charge is 0.222 e. The van der Waals surface area contributed by atoms with E-state index < -0.39 is 9.84 Å². The second-order valence-electron chi connectivity index (χ2n) is 6.10. The molecule has 0 unspecified atom stereocenters. The summed E-state index contributed by atoms with van der Waals surface area (Å²) in [5.74, 6) is 0.969. The molecule has 2 rings (SSSR count). The Morgan fingerprint density at radius 1 is 1.11 bits per heavy atom. The number of rotatable bonds is 4. The van der Waals surface area contributed by atoms with Crippen LogP contribution in [0.4, 0.5) is 0 Å². The van der Waals surface area contributed by atoms with Crippen LogP contribution in [0.5, 0.6) is 0 Å². The van der Waals surface area contributed by atoms with Gasteiger partial charge in [0.15, 0.2) is 0 Å². The van der Waals surface area contributed by atoms with E-state index in [1.54, 1.807) is 0 Å². The fraction of sp³-hybridized carbons (Fsp3) is 0.929. The molecule has 19 heavy (non-hydrogen) atoms. The van der Waals surface area contributed by atoms with E-state index >= 15 is 0 Å². The van der Waals surface area contributed by atoms with Crippen molar-refractivity contribution in [2.24, 2.45) is 5.92 Å². The van der Waals surface area contributed by atoms with Crippen molar-refractivity contribution in [3.05, 3.63) is 0 Å². The van der Waals surface area contributed by atoms with Crippen molar-refractivity contribution in [3.8, 4) is 0 Å². The second kappa shape index (κ2) is 6.25. The lowest BCUT2D eigenvalue weighted by Crippen LogP contribution is -2.42. The molecule has 2 aliphatic rings. The minimum atomic E-state index is -2.94. The number of hydrogen-bond acceptors (Lipinski definition) is 3. The summed E-state index contributed by atoms with van der Waals surface area (Å²) in [6.45, 7) is 1.22. The second-order valence-corrected chi connectivity index (χ2v) is 8.42. The first-order valence-corrected chi connectivity index (χ1v) is 9.39. The van der Waals surface area contributed by atoms with E-state index in [4.69, 9.17) is 0 Å². The van der Waals surface area contributed by atoms with E-state index in [9.17, 15) is 13.2 Å². The van der Waals surface area contributed by atoms with Gasteiger partial charge < -0.3 is 4.90 Å². The van der Waals surface area contributed by atoms with Crippen LogP contribution in [0.3, 0.4) is 0 Å². The Balaban J connectivity index is 1.73. The van der Waals surface area contributed by atoms with Crippen LogP contribution >= 0.6 is 0 Å². The van der Waals surface area contributed by atoms with Gasteiger partial charge in [-0.1, -0.05) is 25.7 Å². The number of carbonyl (C=O) groups excluding carboxylic acids is 1. The van der Waals surface area contributed by atoms with Crippen molar-refractivity contribution >= 4 is 15.7 Å². The minimum Gasteiger partial charge on any atom is -0.343 e. The molecular weight excluding hydrogens is 262 g/mol. The third-order valence-corrected chi connectivity index (χ3v) is 6.32. The van der Waals surface area contributed by atoms with Crippen LogP contribution in [0.2, 0.25) is 0 Å². The lowest BCUT2D eigenvalue weighted by molar-refractivity contribution is -0.132. The molecule has 0 radical (unpaired) electrons. The summed E-state index contributed by atoms with van der Waals surface area (Å²) in [7, 11) is -2.94. The van der Waals surface area contributed by atoms with Crippen LogP contribution in [0, 0.1) is 5.92 Å². The molecule has 110 valence electrons. The normalized spacial score (nSPS) is 22.9. The topological polar surface area (TPSA) is 54.5 Å². The van der Waals surface area contributed by atoms with Gasteiger partial charge in [-0.05, 0) is 25.2 Å². The summed E-state index contributed by atoms with van der Waals surface area (Å²) in [5, 5.41) is -0.244. The maximum atomic E-state index is 12.1. The monoisotopic (exact) mass is 287 g/mol. The highest BCUT2D eigenvalue weighted by molar-refractivity contribution is 7.91. The van der Waals surface area contributed by atoms with Gasteiger partial charge >= 0.3 is 0 Å². The van der Waals surface area contributed by atoms with Crippen LogP contribution in [0.1, 0.15) is 51.4 Å². The molecule has 0 aromatic heterocycles. The van der Waals surface area contributed by atoms with Crippen LogP contribution in [0.15, 0.2) is 0 Å². The molecule has 0 aromatic carbocycles. The molecule has 1 aliphatic heterocycles. The Labute approximate surface area is 116 Å². The maximum Gasteiger partial charge on any atom is 0.222 e. The van der Waals surface area contributed by atoms with Gasteiger partial charge in [-0.25, -0.2) is 8.42 Å². The molecule has 1 aliphatic carbocycles. The zero-order valence-electron chi connectivity index (χ0n) is 11.8. The van der Waals surface area contributed by atoms with E-state index in [2.05, 4.69) is 0 Å². The predicted octanol–water partition coefficient (Wildman–Crippen LogP) is 1.99. The van der Waals surface area contributed by atoms with E-state index in [-0.39, 0.29) is 11.2 Å². The zero-order chi connectivity index (χ0) is 13.9. The summed E-state index contributed by atoms with van der Waals surface area (Å²) in [5.41, 5.74) is 0. The fourth-order valence-electron chi connectivity index (χ4n) is 3.32. The van der Waals surface area contributed by atoms with Crippen molar-refractivity contribution in [1.82, 2.24) is 4.90 Å². The molecule has 1 amide bonds. The van der Waals surface area contributed by atoms with Gasteiger partial charge in [-0.15, -0.1) is 0 Å². The number of piperidine rings is 1. The lowest BCUT2D eigenvalue weighted by atomic mass is 10.0. The van der Waals surface area contributed by atoms with Crippen molar-refractivity contribution in [2.45, 2.75) is 56.6 Å². The average Bonchev–Trinajstić information content (AvgIpc) is 2.88. The molecule has 0 spiro atoms. The molecule has 2 fully saturated rings. The first-order valence-electron chi connectivity index (χ1n) is 7.43. The summed E-state index contributed by atoms with van der Waals surface area (Å²) < 4.78 is 22.9. The number of sulfone groups is 1. The Morgan fingerprint density at radius 2 is 1.68 bits per heavy atom. The molecule has 0 atom stereocenters. The summed E-state index contributed by atoms with van der Waals surface area (Å²) in [4.78, 5) is 13.9. The number of hydrogen-bond donors (Lipinski definition) is 0. The van der Waals surface area contributed by atoms with Gasteiger partial charge in [0.2, 0.25) is 5.91 Å². The number of carbonyl (C=O) groups is 1. The largest absolute Gasteiger partial charge is 0.343 e. The van der Waals surface area contributed by atoms with E-state index in [0.717, 1.165) is 12.3 Å². The fourth-order valence-corrected chi connectivity index (χ4v) is 4.39. The van der Waals surface area contributed by atoms with Gasteiger partial charge in [0, 0.05) is 25.8 Å². The molecule has 1 saturated heterocycles. The van der Waals surface area contributed by atoms with Crippen LogP contribution in [-0.2, 0) is 14.6 Å². The maximum absolute atomic E-state index is 12.1.